The number of piperidine rings is 1. The van der Waals surface area contributed by atoms with Gasteiger partial charge in [-0.2, -0.15) is 0 Å². The molecule has 1 fully saturated rings. The number of nitrogens with one attached hydrogen (secondary N) is 1. The molecular weight excluding hydrogens is 212 g/mol. The number of nitrogens with zero attached hydrogens (tertiary/aromatic N) is 1. The lowest BCUT2D eigenvalue weighted by Gasteiger charge is -2.40. The molecule has 1 heterocycles. The Morgan fingerprint density at radius 3 is 2.53 bits per heavy atom. The van der Waals surface area contributed by atoms with Crippen LogP contribution < -0.4 is 5.32 Å². The van der Waals surface area contributed by atoms with Gasteiger partial charge in [-0.25, -0.2) is 0 Å². The Bertz CT molecular complexity index is 196. The molecule has 0 aromatic rings. The van der Waals surface area contributed by atoms with Crippen molar-refractivity contribution in [2.75, 3.05) is 39.9 Å². The molecule has 3 nitrogen and oxygen atoms in total. The van der Waals surface area contributed by atoms with Gasteiger partial charge in [0.2, 0.25) is 0 Å². The third-order valence-electron chi connectivity index (χ3n) is 3.92. The Labute approximate surface area is 107 Å². The molecule has 0 saturated carbocycles. The average Bonchev–Trinajstić information content (AvgIpc) is 2.28. The first kappa shape index (κ1) is 14.9. The van der Waals surface area contributed by atoms with E-state index in [0.717, 1.165) is 26.1 Å². The van der Waals surface area contributed by atoms with E-state index < -0.39 is 0 Å². The zero-order valence-corrected chi connectivity index (χ0v) is 12.1. The van der Waals surface area contributed by atoms with E-state index in [1.807, 2.05) is 0 Å². The van der Waals surface area contributed by atoms with Crippen LogP contribution in [-0.2, 0) is 4.74 Å². The Balaban J connectivity index is 2.10. The minimum atomic E-state index is 0.558. The molecule has 1 aliphatic rings. The average molecular weight is 242 g/mol. The van der Waals surface area contributed by atoms with Crippen LogP contribution in [0.25, 0.3) is 0 Å². The zero-order valence-electron chi connectivity index (χ0n) is 12.1. The van der Waals surface area contributed by atoms with Crippen molar-refractivity contribution in [1.29, 1.82) is 0 Å². The topological polar surface area (TPSA) is 24.5 Å². The van der Waals surface area contributed by atoms with E-state index in [9.17, 15) is 0 Å². The summed E-state index contributed by atoms with van der Waals surface area (Å²) in [7, 11) is 1.76. The number of methoxy groups -OCH3 is 1. The van der Waals surface area contributed by atoms with Crippen molar-refractivity contribution in [1.82, 2.24) is 10.2 Å². The van der Waals surface area contributed by atoms with E-state index in [4.69, 9.17) is 4.74 Å². The van der Waals surface area contributed by atoms with Crippen LogP contribution in [-0.4, -0.2) is 50.8 Å². The highest BCUT2D eigenvalue weighted by atomic mass is 16.5. The van der Waals surface area contributed by atoms with Gasteiger partial charge in [-0.3, -0.25) is 4.90 Å². The molecule has 1 N–H and O–H groups in total. The minimum absolute atomic E-state index is 0.558. The largest absolute Gasteiger partial charge is 0.385 e. The van der Waals surface area contributed by atoms with Crippen molar-refractivity contribution < 1.29 is 4.74 Å². The second-order valence-corrected chi connectivity index (χ2v) is 6.10. The summed E-state index contributed by atoms with van der Waals surface area (Å²) in [6.45, 7) is 12.7. The molecule has 3 heteroatoms. The molecule has 102 valence electrons. The summed E-state index contributed by atoms with van der Waals surface area (Å²) in [6, 6.07) is 0.661. The smallest absolute Gasteiger partial charge is 0.0474 e. The minimum Gasteiger partial charge on any atom is -0.385 e. The highest BCUT2D eigenvalue weighted by Gasteiger charge is 2.27. The molecule has 1 atom stereocenters. The van der Waals surface area contributed by atoms with Gasteiger partial charge in [-0.1, -0.05) is 13.8 Å². The van der Waals surface area contributed by atoms with Crippen molar-refractivity contribution in [2.45, 2.75) is 46.1 Å². The van der Waals surface area contributed by atoms with Crippen LogP contribution in [0.4, 0.5) is 0 Å². The van der Waals surface area contributed by atoms with Crippen LogP contribution in [0.5, 0.6) is 0 Å². The number of hydrogen-bond acceptors (Lipinski definition) is 3. The predicted octanol–water partition coefficient (Wildman–Crippen LogP) is 2.12. The van der Waals surface area contributed by atoms with Crippen molar-refractivity contribution in [3.63, 3.8) is 0 Å². The molecule has 1 unspecified atom stereocenters. The van der Waals surface area contributed by atoms with Gasteiger partial charge in [0.15, 0.2) is 0 Å². The first-order chi connectivity index (χ1) is 8.05. The van der Waals surface area contributed by atoms with Crippen LogP contribution in [0, 0.1) is 5.41 Å². The summed E-state index contributed by atoms with van der Waals surface area (Å²) in [5, 5.41) is 3.52. The molecule has 1 aliphatic heterocycles. The monoisotopic (exact) mass is 242 g/mol. The fourth-order valence-electron chi connectivity index (χ4n) is 2.35. The molecule has 0 aliphatic carbocycles. The maximum absolute atomic E-state index is 5.04. The lowest BCUT2D eigenvalue weighted by atomic mass is 9.82. The van der Waals surface area contributed by atoms with Gasteiger partial charge in [-0.05, 0) is 51.2 Å². The quantitative estimate of drug-likeness (QED) is 0.692. The number of hydrogen-bond donors (Lipinski definition) is 1. The maximum atomic E-state index is 5.04. The first-order valence-electron chi connectivity index (χ1n) is 6.99. The second-order valence-electron chi connectivity index (χ2n) is 6.10. The van der Waals surface area contributed by atoms with Crippen molar-refractivity contribution in [3.05, 3.63) is 0 Å². The predicted molar refractivity (Wildman–Crippen MR) is 73.4 cm³/mol. The second kappa shape index (κ2) is 7.34. The van der Waals surface area contributed by atoms with E-state index in [1.54, 1.807) is 7.11 Å². The summed E-state index contributed by atoms with van der Waals surface area (Å²) >= 11 is 0. The summed E-state index contributed by atoms with van der Waals surface area (Å²) in [5.74, 6) is 0. The molecule has 0 amide bonds. The maximum Gasteiger partial charge on any atom is 0.0474 e. The third kappa shape index (κ3) is 5.84. The fourth-order valence-corrected chi connectivity index (χ4v) is 2.35. The molecule has 1 rings (SSSR count). The number of rotatable bonds is 7. The zero-order chi connectivity index (χ0) is 12.7. The van der Waals surface area contributed by atoms with Gasteiger partial charge >= 0.3 is 0 Å². The van der Waals surface area contributed by atoms with E-state index >= 15 is 0 Å². The van der Waals surface area contributed by atoms with Gasteiger partial charge < -0.3 is 10.1 Å². The Hall–Kier alpha value is -0.120. The normalized spacial score (nSPS) is 22.6. The van der Waals surface area contributed by atoms with Gasteiger partial charge in [0, 0.05) is 26.3 Å². The highest BCUT2D eigenvalue weighted by Crippen LogP contribution is 2.30. The van der Waals surface area contributed by atoms with Crippen LogP contribution in [0.2, 0.25) is 0 Å². The molecule has 1 saturated heterocycles. The van der Waals surface area contributed by atoms with E-state index in [-0.39, 0.29) is 0 Å². The van der Waals surface area contributed by atoms with Crippen molar-refractivity contribution >= 4 is 0 Å². The van der Waals surface area contributed by atoms with Gasteiger partial charge in [-0.15, -0.1) is 0 Å². The van der Waals surface area contributed by atoms with Crippen molar-refractivity contribution in [3.8, 4) is 0 Å². The van der Waals surface area contributed by atoms with E-state index in [0.29, 0.717) is 11.5 Å². The molecule has 0 bridgehead atoms. The van der Waals surface area contributed by atoms with Gasteiger partial charge in [0.1, 0.15) is 0 Å². The fraction of sp³-hybridized carbons (Fsp3) is 1.00. The molecule has 17 heavy (non-hydrogen) atoms. The third-order valence-corrected chi connectivity index (χ3v) is 3.92. The Kier molecular flexibility index (Phi) is 6.45. The number of likely N-dealkylation sites (tertiary alicyclic amines) is 1. The molecule has 0 spiro atoms. The summed E-state index contributed by atoms with van der Waals surface area (Å²) in [5.41, 5.74) is 0.558. The Morgan fingerprint density at radius 2 is 1.94 bits per heavy atom. The number of ether oxygens (including phenoxy) is 1. The van der Waals surface area contributed by atoms with E-state index in [1.165, 1.54) is 25.9 Å². The molecule has 0 aromatic carbocycles. The van der Waals surface area contributed by atoms with E-state index in [2.05, 4.69) is 31.0 Å². The SMILES string of the molecule is COCCCNCC(C)N1CCC(C)(C)CC1. The van der Waals surface area contributed by atoms with Crippen LogP contribution in [0.15, 0.2) is 0 Å². The summed E-state index contributed by atoms with van der Waals surface area (Å²) in [6.07, 6.45) is 3.78. The van der Waals surface area contributed by atoms with Gasteiger partial charge in [0.05, 0.1) is 0 Å². The Morgan fingerprint density at radius 1 is 1.29 bits per heavy atom. The lowest BCUT2D eigenvalue weighted by Crippen LogP contribution is -2.46. The molecule has 0 aromatic heterocycles. The highest BCUT2D eigenvalue weighted by molar-refractivity contribution is 4.81. The van der Waals surface area contributed by atoms with Crippen molar-refractivity contribution in [2.24, 2.45) is 5.41 Å². The van der Waals surface area contributed by atoms with Crippen LogP contribution in [0.3, 0.4) is 0 Å². The first-order valence-corrected chi connectivity index (χ1v) is 6.99. The lowest BCUT2D eigenvalue weighted by molar-refractivity contribution is 0.0994. The van der Waals surface area contributed by atoms with Crippen LogP contribution in [0.1, 0.15) is 40.0 Å². The molecule has 0 radical (unpaired) electrons. The summed E-state index contributed by atoms with van der Waals surface area (Å²) in [4.78, 5) is 2.62. The standard InChI is InChI=1S/C14H30N2O/c1-13(12-15-8-5-11-17-4)16-9-6-14(2,3)7-10-16/h13,15H,5-12H2,1-4H3. The summed E-state index contributed by atoms with van der Waals surface area (Å²) < 4.78 is 5.04. The molecular formula is C14H30N2O. The van der Waals surface area contributed by atoms with Crippen LogP contribution >= 0.6 is 0 Å². The van der Waals surface area contributed by atoms with Gasteiger partial charge in [0.25, 0.3) is 0 Å².